The van der Waals surface area contributed by atoms with E-state index in [0.29, 0.717) is 12.0 Å². The van der Waals surface area contributed by atoms with E-state index < -0.39 is 36.6 Å². The zero-order chi connectivity index (χ0) is 31.2. The van der Waals surface area contributed by atoms with Gasteiger partial charge in [-0.2, -0.15) is 0 Å². The summed E-state index contributed by atoms with van der Waals surface area (Å²) in [5.41, 5.74) is 5.92. The molecule has 0 spiro atoms. The van der Waals surface area contributed by atoms with Crippen LogP contribution in [0.1, 0.15) is 73.8 Å². The minimum Gasteiger partial charge on any atom is -0.458 e. The van der Waals surface area contributed by atoms with Crippen LogP contribution in [-0.2, 0) is 34.9 Å². The fourth-order valence-electron chi connectivity index (χ4n) is 2.82. The van der Waals surface area contributed by atoms with Crippen molar-refractivity contribution in [1.29, 1.82) is 0 Å². The van der Waals surface area contributed by atoms with Crippen molar-refractivity contribution in [3.63, 3.8) is 0 Å². The summed E-state index contributed by atoms with van der Waals surface area (Å²) in [6.07, 6.45) is -2.01. The number of carbonyl (C=O) groups is 4. The second-order valence-corrected chi connectivity index (χ2v) is 12.0. The van der Waals surface area contributed by atoms with Gasteiger partial charge in [-0.1, -0.05) is 61.0 Å². The molecule has 0 amide bonds. The molecule has 0 aromatic heterocycles. The van der Waals surface area contributed by atoms with Crippen LogP contribution in [0.25, 0.3) is 0 Å². The van der Waals surface area contributed by atoms with Crippen LogP contribution in [0.15, 0.2) is 18.2 Å². The molecule has 0 bridgehead atoms. The van der Waals surface area contributed by atoms with E-state index in [9.17, 15) is 19.2 Å². The minimum atomic E-state index is -1.10. The molecule has 0 aliphatic carbocycles. The van der Waals surface area contributed by atoms with Gasteiger partial charge in [0.05, 0.1) is 19.8 Å². The lowest BCUT2D eigenvalue weighted by molar-refractivity contribution is -0.152. The molecule has 0 saturated heterocycles. The number of unbranched alkanes of at least 4 members (excludes halogenated alkanes) is 1. The molecular weight excluding hydrogens is 538 g/mol. The van der Waals surface area contributed by atoms with Gasteiger partial charge < -0.3 is 38.9 Å². The molecule has 0 aliphatic rings. The molecule has 1 aromatic rings. The van der Waals surface area contributed by atoms with Crippen molar-refractivity contribution in [3.8, 4) is 11.5 Å². The Hall–Kier alpha value is -3.54. The number of ether oxygens (including phenoxy) is 7. The predicted octanol–water partition coefficient (Wildman–Crippen LogP) is 5.56. The third-order valence-electron chi connectivity index (χ3n) is 4.87. The van der Waals surface area contributed by atoms with Gasteiger partial charge in [-0.05, 0) is 48.3 Å². The highest BCUT2D eigenvalue weighted by Crippen LogP contribution is 2.30. The van der Waals surface area contributed by atoms with E-state index in [2.05, 4.69) is 0 Å². The first-order chi connectivity index (χ1) is 19.0. The standard InChI is InChI=1S/C29H45NO11/c1-9-10-13-35-25(32)36-16-19(2)39-24(31)21(30)14-20-11-12-22(40-26(33)37-17-28(3,4)5)23(15-20)41-27(34)38-18-29(6,7)8/h11-12,15,19,21H,9-10,13-14,16-18,30H2,1-8H3/t19-,21-/m0/s1. The molecule has 12 nitrogen and oxygen atoms in total. The van der Waals surface area contributed by atoms with Crippen molar-refractivity contribution < 1.29 is 52.3 Å². The van der Waals surface area contributed by atoms with Crippen molar-refractivity contribution in [2.24, 2.45) is 16.6 Å². The second kappa shape index (κ2) is 16.7. The van der Waals surface area contributed by atoms with Crippen LogP contribution in [0.3, 0.4) is 0 Å². The zero-order valence-electron chi connectivity index (χ0n) is 25.4. The quantitative estimate of drug-likeness (QED) is 0.133. The third kappa shape index (κ3) is 16.3. The molecule has 1 rings (SSSR count). The van der Waals surface area contributed by atoms with Gasteiger partial charge in [-0.15, -0.1) is 0 Å². The second-order valence-electron chi connectivity index (χ2n) is 12.0. The molecule has 232 valence electrons. The lowest BCUT2D eigenvalue weighted by Gasteiger charge is -2.19. The van der Waals surface area contributed by atoms with Gasteiger partial charge in [0.2, 0.25) is 0 Å². The Kier molecular flexibility index (Phi) is 14.4. The molecular formula is C29H45NO11. The van der Waals surface area contributed by atoms with Crippen LogP contribution in [-0.4, -0.2) is 63.0 Å². The summed E-state index contributed by atoms with van der Waals surface area (Å²) in [6, 6.07) is 3.24. The van der Waals surface area contributed by atoms with E-state index in [-0.39, 0.29) is 55.2 Å². The van der Waals surface area contributed by atoms with Crippen molar-refractivity contribution in [2.75, 3.05) is 26.4 Å². The highest BCUT2D eigenvalue weighted by atomic mass is 16.7. The Balaban J connectivity index is 2.87. The van der Waals surface area contributed by atoms with Crippen molar-refractivity contribution in [2.45, 2.75) is 86.8 Å². The van der Waals surface area contributed by atoms with Crippen LogP contribution < -0.4 is 15.2 Å². The van der Waals surface area contributed by atoms with Crippen molar-refractivity contribution in [3.05, 3.63) is 23.8 Å². The van der Waals surface area contributed by atoms with Crippen LogP contribution in [0.2, 0.25) is 0 Å². The molecule has 0 radical (unpaired) electrons. The number of carbonyl (C=O) groups excluding carboxylic acids is 4. The molecule has 2 N–H and O–H groups in total. The molecule has 0 aliphatic heterocycles. The van der Waals surface area contributed by atoms with Crippen LogP contribution in [0.5, 0.6) is 11.5 Å². The molecule has 0 fully saturated rings. The van der Waals surface area contributed by atoms with E-state index in [1.54, 1.807) is 13.0 Å². The molecule has 0 unspecified atom stereocenters. The maximum Gasteiger partial charge on any atom is 0.513 e. The van der Waals surface area contributed by atoms with Crippen molar-refractivity contribution >= 4 is 24.4 Å². The van der Waals surface area contributed by atoms with Gasteiger partial charge >= 0.3 is 24.4 Å². The number of hydrogen-bond acceptors (Lipinski definition) is 12. The van der Waals surface area contributed by atoms with Crippen molar-refractivity contribution in [1.82, 2.24) is 0 Å². The molecule has 12 heteroatoms. The smallest absolute Gasteiger partial charge is 0.458 e. The Morgan fingerprint density at radius 2 is 1.37 bits per heavy atom. The molecule has 1 aromatic carbocycles. The number of hydrogen-bond donors (Lipinski definition) is 1. The van der Waals surface area contributed by atoms with Gasteiger partial charge in [0.1, 0.15) is 18.8 Å². The SMILES string of the molecule is CCCCOC(=O)OC[C@H](C)OC(=O)[C@@H](N)Cc1ccc(OC(=O)OCC(C)(C)C)c(OC(=O)OCC(C)(C)C)c1. The van der Waals surface area contributed by atoms with Gasteiger partial charge in [0.25, 0.3) is 0 Å². The van der Waals surface area contributed by atoms with Crippen LogP contribution in [0, 0.1) is 10.8 Å². The Morgan fingerprint density at radius 3 is 1.90 bits per heavy atom. The average molecular weight is 584 g/mol. The highest BCUT2D eigenvalue weighted by molar-refractivity contribution is 5.76. The normalized spacial score (nSPS) is 12.9. The van der Waals surface area contributed by atoms with E-state index in [1.807, 2.05) is 48.5 Å². The first-order valence-electron chi connectivity index (χ1n) is 13.6. The first-order valence-corrected chi connectivity index (χ1v) is 13.6. The zero-order valence-corrected chi connectivity index (χ0v) is 25.4. The lowest BCUT2D eigenvalue weighted by Crippen LogP contribution is -2.37. The van der Waals surface area contributed by atoms with E-state index in [0.717, 1.165) is 6.42 Å². The number of benzene rings is 1. The van der Waals surface area contributed by atoms with Gasteiger partial charge in [-0.3, -0.25) is 4.79 Å². The van der Waals surface area contributed by atoms with Gasteiger partial charge in [0.15, 0.2) is 11.5 Å². The fourth-order valence-corrected chi connectivity index (χ4v) is 2.82. The summed E-state index contributed by atoms with van der Waals surface area (Å²) in [5.74, 6) is -0.954. The summed E-state index contributed by atoms with van der Waals surface area (Å²) in [7, 11) is 0. The maximum absolute atomic E-state index is 12.5. The van der Waals surface area contributed by atoms with Gasteiger partial charge in [-0.25, -0.2) is 14.4 Å². The molecule has 0 heterocycles. The number of esters is 1. The minimum absolute atomic E-state index is 0.00633. The summed E-state index contributed by atoms with van der Waals surface area (Å²) < 4.78 is 35.9. The maximum atomic E-state index is 12.5. The van der Waals surface area contributed by atoms with E-state index >= 15 is 0 Å². The third-order valence-corrected chi connectivity index (χ3v) is 4.87. The predicted molar refractivity (Wildman–Crippen MR) is 149 cm³/mol. The van der Waals surface area contributed by atoms with Crippen LogP contribution >= 0.6 is 0 Å². The first kappa shape index (κ1) is 35.5. The van der Waals surface area contributed by atoms with E-state index in [1.165, 1.54) is 12.1 Å². The number of rotatable bonds is 13. The lowest BCUT2D eigenvalue weighted by atomic mass is 9.99. The molecule has 2 atom stereocenters. The number of nitrogens with two attached hydrogens (primary N) is 1. The summed E-state index contributed by atoms with van der Waals surface area (Å²) >= 11 is 0. The van der Waals surface area contributed by atoms with Crippen LogP contribution in [0.4, 0.5) is 14.4 Å². The topological polar surface area (TPSA) is 159 Å². The average Bonchev–Trinajstić information content (AvgIpc) is 2.86. The largest absolute Gasteiger partial charge is 0.513 e. The summed E-state index contributed by atoms with van der Waals surface area (Å²) in [6.45, 7) is 15.1. The molecule has 0 saturated carbocycles. The van der Waals surface area contributed by atoms with Gasteiger partial charge in [0, 0.05) is 0 Å². The summed E-state index contributed by atoms with van der Waals surface area (Å²) in [4.78, 5) is 48.6. The van der Waals surface area contributed by atoms with E-state index in [4.69, 9.17) is 38.9 Å². The monoisotopic (exact) mass is 583 g/mol. The molecule has 41 heavy (non-hydrogen) atoms. The Labute approximate surface area is 242 Å². The highest BCUT2D eigenvalue weighted by Gasteiger charge is 2.23. The summed E-state index contributed by atoms with van der Waals surface area (Å²) in [5, 5.41) is 0. The Morgan fingerprint density at radius 1 is 0.805 bits per heavy atom. The fraction of sp³-hybridized carbons (Fsp3) is 0.655. The Bertz CT molecular complexity index is 1010.